The van der Waals surface area contributed by atoms with E-state index in [9.17, 15) is 8.78 Å². The topological polar surface area (TPSA) is 12.4 Å². The number of nitrogens with zero attached hydrogens (tertiary/aromatic N) is 1. The summed E-state index contributed by atoms with van der Waals surface area (Å²) in [6, 6.07) is 10.8. The zero-order valence-electron chi connectivity index (χ0n) is 14.8. The van der Waals surface area contributed by atoms with E-state index in [4.69, 9.17) is 0 Å². The van der Waals surface area contributed by atoms with E-state index in [1.54, 1.807) is 6.07 Å². The Labute approximate surface area is 148 Å². The van der Waals surface area contributed by atoms with Gasteiger partial charge in [-0.15, -0.1) is 0 Å². The first-order valence-electron chi connectivity index (χ1n) is 9.12. The van der Waals surface area contributed by atoms with E-state index in [1.807, 2.05) is 24.3 Å². The second-order valence-corrected chi connectivity index (χ2v) is 7.28. The first kappa shape index (κ1) is 17.8. The van der Waals surface area contributed by atoms with E-state index in [-0.39, 0.29) is 11.3 Å². The molecule has 25 heavy (non-hydrogen) atoms. The van der Waals surface area contributed by atoms with Gasteiger partial charge in [-0.1, -0.05) is 56.9 Å². The van der Waals surface area contributed by atoms with Crippen LogP contribution in [0.25, 0.3) is 11.1 Å². The van der Waals surface area contributed by atoms with Crippen LogP contribution >= 0.6 is 0 Å². The summed E-state index contributed by atoms with van der Waals surface area (Å²) in [5.74, 6) is -0.0908. The average molecular weight is 341 g/mol. The van der Waals surface area contributed by atoms with Crippen molar-refractivity contribution in [2.24, 2.45) is 16.8 Å². The molecule has 0 bridgehead atoms. The maximum atomic E-state index is 14.2. The van der Waals surface area contributed by atoms with Gasteiger partial charge in [0.1, 0.15) is 5.69 Å². The van der Waals surface area contributed by atoms with E-state index in [0.717, 1.165) is 18.3 Å². The molecule has 2 aromatic rings. The van der Waals surface area contributed by atoms with Gasteiger partial charge in [0.25, 0.3) is 0 Å². The number of aryl methyl sites for hydroxylation is 1. The first-order valence-corrected chi connectivity index (χ1v) is 9.12. The Hall–Kier alpha value is -2.03. The number of rotatable bonds is 5. The van der Waals surface area contributed by atoms with E-state index < -0.39 is 11.6 Å². The number of aliphatic imine (C=N–C) groups is 1. The molecule has 0 saturated heterocycles. The Balaban J connectivity index is 1.66. The zero-order chi connectivity index (χ0) is 17.8. The summed E-state index contributed by atoms with van der Waals surface area (Å²) in [4.78, 5) is 3.49. The van der Waals surface area contributed by atoms with Gasteiger partial charge in [0.2, 0.25) is 0 Å². The molecule has 0 spiro atoms. The van der Waals surface area contributed by atoms with Crippen LogP contribution in [0, 0.1) is 23.5 Å². The summed E-state index contributed by atoms with van der Waals surface area (Å²) < 4.78 is 28.1. The molecule has 0 N–H and O–H groups in total. The quantitative estimate of drug-likeness (QED) is 0.535. The van der Waals surface area contributed by atoms with Gasteiger partial charge < -0.3 is 0 Å². The van der Waals surface area contributed by atoms with Gasteiger partial charge in [0.05, 0.1) is 0 Å². The third-order valence-electron chi connectivity index (χ3n) is 5.47. The van der Waals surface area contributed by atoms with Crippen LogP contribution in [-0.2, 0) is 6.42 Å². The molecule has 1 fully saturated rings. The van der Waals surface area contributed by atoms with Gasteiger partial charge in [0, 0.05) is 5.56 Å². The smallest absolute Gasteiger partial charge is 0.184 e. The molecular formula is C22H25F2N. The molecule has 0 aliphatic heterocycles. The molecular weight excluding hydrogens is 316 g/mol. The predicted octanol–water partition coefficient (Wildman–Crippen LogP) is 6.72. The monoisotopic (exact) mass is 341 g/mol. The number of halogens is 2. The van der Waals surface area contributed by atoms with Crippen LogP contribution in [0.15, 0.2) is 41.4 Å². The Morgan fingerprint density at radius 2 is 1.64 bits per heavy atom. The van der Waals surface area contributed by atoms with Crippen LogP contribution in [-0.4, -0.2) is 6.72 Å². The minimum atomic E-state index is -0.942. The molecule has 0 atom stereocenters. The molecule has 1 aliphatic rings. The molecule has 0 radical (unpaired) electrons. The molecule has 0 aromatic heterocycles. The van der Waals surface area contributed by atoms with Crippen LogP contribution in [0.3, 0.4) is 0 Å². The van der Waals surface area contributed by atoms with Crippen molar-refractivity contribution in [3.05, 3.63) is 53.6 Å². The fourth-order valence-corrected chi connectivity index (χ4v) is 3.72. The summed E-state index contributed by atoms with van der Waals surface area (Å²) in [6.45, 7) is 5.60. The molecule has 0 amide bonds. The van der Waals surface area contributed by atoms with E-state index in [0.29, 0.717) is 5.56 Å². The van der Waals surface area contributed by atoms with Crippen LogP contribution in [0.5, 0.6) is 0 Å². The van der Waals surface area contributed by atoms with Crippen molar-refractivity contribution in [2.75, 3.05) is 0 Å². The lowest BCUT2D eigenvalue weighted by Crippen LogP contribution is -2.12. The van der Waals surface area contributed by atoms with Crippen LogP contribution in [0.4, 0.5) is 14.5 Å². The van der Waals surface area contributed by atoms with Crippen molar-refractivity contribution >= 4 is 12.4 Å². The van der Waals surface area contributed by atoms with Gasteiger partial charge in [0.15, 0.2) is 11.6 Å². The van der Waals surface area contributed by atoms with Gasteiger partial charge in [-0.05, 0) is 54.7 Å². The third kappa shape index (κ3) is 4.15. The second kappa shape index (κ2) is 7.90. The van der Waals surface area contributed by atoms with Gasteiger partial charge >= 0.3 is 0 Å². The molecule has 0 unspecified atom stereocenters. The first-order chi connectivity index (χ1) is 12.1. The fraction of sp³-hybridized carbons (Fsp3) is 0.409. The number of benzene rings is 2. The Morgan fingerprint density at radius 3 is 2.28 bits per heavy atom. The summed E-state index contributed by atoms with van der Waals surface area (Å²) in [5.41, 5.74) is 2.15. The summed E-state index contributed by atoms with van der Waals surface area (Å²) in [7, 11) is 0. The number of hydrogen-bond donors (Lipinski definition) is 0. The van der Waals surface area contributed by atoms with E-state index >= 15 is 0 Å². The third-order valence-corrected chi connectivity index (χ3v) is 5.47. The predicted molar refractivity (Wildman–Crippen MR) is 100 cm³/mol. The summed E-state index contributed by atoms with van der Waals surface area (Å²) >= 11 is 0. The van der Waals surface area contributed by atoms with Crippen molar-refractivity contribution in [3.8, 4) is 11.1 Å². The second-order valence-electron chi connectivity index (χ2n) is 7.28. The van der Waals surface area contributed by atoms with Crippen molar-refractivity contribution in [3.63, 3.8) is 0 Å². The van der Waals surface area contributed by atoms with Gasteiger partial charge in [-0.3, -0.25) is 4.99 Å². The minimum Gasteiger partial charge on any atom is -0.261 e. The lowest BCUT2D eigenvalue weighted by molar-refractivity contribution is 0.278. The molecule has 3 rings (SSSR count). The summed E-state index contributed by atoms with van der Waals surface area (Å²) in [5, 5.41) is 0. The molecule has 2 aromatic carbocycles. The van der Waals surface area contributed by atoms with E-state index in [1.165, 1.54) is 43.7 Å². The lowest BCUT2D eigenvalue weighted by Gasteiger charge is -2.26. The molecule has 1 aliphatic carbocycles. The zero-order valence-corrected chi connectivity index (χ0v) is 14.8. The Bertz CT molecular complexity index is 728. The maximum absolute atomic E-state index is 14.2. The molecule has 1 nitrogen and oxygen atoms in total. The highest BCUT2D eigenvalue weighted by molar-refractivity contribution is 5.67. The van der Waals surface area contributed by atoms with Crippen LogP contribution < -0.4 is 0 Å². The highest BCUT2D eigenvalue weighted by Gasteiger charge is 2.18. The standard InChI is InChI=1S/C22H25F2N/c1-15-3-5-16(6-4-15)7-8-17-9-11-18(12-10-17)19-13-14-20(25-2)22(24)21(19)23/h9-16H,2-8H2,1H3. The van der Waals surface area contributed by atoms with Crippen molar-refractivity contribution in [2.45, 2.75) is 45.4 Å². The Kier molecular flexibility index (Phi) is 5.62. The number of hydrogen-bond acceptors (Lipinski definition) is 1. The van der Waals surface area contributed by atoms with Crippen molar-refractivity contribution in [1.29, 1.82) is 0 Å². The summed E-state index contributed by atoms with van der Waals surface area (Å²) in [6.07, 6.45) is 7.65. The highest BCUT2D eigenvalue weighted by Crippen LogP contribution is 2.32. The SMILES string of the molecule is C=Nc1ccc(-c2ccc(CCC3CCC(C)CC3)cc2)c(F)c1F. The molecule has 132 valence electrons. The maximum Gasteiger partial charge on any atom is 0.184 e. The van der Waals surface area contributed by atoms with Crippen molar-refractivity contribution < 1.29 is 8.78 Å². The Morgan fingerprint density at radius 1 is 0.960 bits per heavy atom. The average Bonchev–Trinajstić information content (AvgIpc) is 2.64. The van der Waals surface area contributed by atoms with Crippen LogP contribution in [0.1, 0.15) is 44.6 Å². The lowest BCUT2D eigenvalue weighted by atomic mass is 9.80. The normalized spacial score (nSPS) is 20.4. The van der Waals surface area contributed by atoms with E-state index in [2.05, 4.69) is 18.6 Å². The van der Waals surface area contributed by atoms with Gasteiger partial charge in [-0.25, -0.2) is 8.78 Å². The molecule has 1 saturated carbocycles. The minimum absolute atomic E-state index is 0.0559. The highest BCUT2D eigenvalue weighted by atomic mass is 19.2. The molecule has 3 heteroatoms. The fourth-order valence-electron chi connectivity index (χ4n) is 3.72. The van der Waals surface area contributed by atoms with Gasteiger partial charge in [-0.2, -0.15) is 0 Å². The van der Waals surface area contributed by atoms with Crippen LogP contribution in [0.2, 0.25) is 0 Å². The largest absolute Gasteiger partial charge is 0.261 e. The molecule has 0 heterocycles. The van der Waals surface area contributed by atoms with Crippen molar-refractivity contribution in [1.82, 2.24) is 0 Å².